The van der Waals surface area contributed by atoms with Crippen molar-refractivity contribution in [2.24, 2.45) is 5.41 Å². The first-order valence-electron chi connectivity index (χ1n) is 7.26. The molecule has 0 aromatic rings. The predicted octanol–water partition coefficient (Wildman–Crippen LogP) is 3.65. The van der Waals surface area contributed by atoms with E-state index in [1.54, 1.807) is 6.92 Å². The van der Waals surface area contributed by atoms with Crippen LogP contribution in [-0.4, -0.2) is 30.3 Å². The van der Waals surface area contributed by atoms with Crippen LogP contribution in [0.4, 0.5) is 0 Å². The van der Waals surface area contributed by atoms with Crippen LogP contribution in [0, 0.1) is 5.41 Å². The lowest BCUT2D eigenvalue weighted by Crippen LogP contribution is -2.21. The second kappa shape index (κ2) is 7.15. The Kier molecular flexibility index (Phi) is 6.18. The van der Waals surface area contributed by atoms with Crippen molar-refractivity contribution in [1.82, 2.24) is 4.90 Å². The minimum absolute atomic E-state index is 0.102. The summed E-state index contributed by atoms with van der Waals surface area (Å²) in [5.41, 5.74) is -0.102. The van der Waals surface area contributed by atoms with Crippen molar-refractivity contribution in [1.29, 1.82) is 0 Å². The number of nitrogens with zero attached hydrogens (tertiary/aromatic N) is 1. The zero-order chi connectivity index (χ0) is 12.7. The van der Waals surface area contributed by atoms with Crippen molar-refractivity contribution in [2.75, 3.05) is 19.6 Å². The van der Waals surface area contributed by atoms with Crippen molar-refractivity contribution in [2.45, 2.75) is 65.7 Å². The van der Waals surface area contributed by atoms with Gasteiger partial charge in [-0.25, -0.2) is 0 Å². The molecule has 1 saturated heterocycles. The third kappa shape index (κ3) is 5.67. The molecule has 0 aliphatic carbocycles. The summed E-state index contributed by atoms with van der Waals surface area (Å²) in [4.78, 5) is 13.9. The highest BCUT2D eigenvalue weighted by atomic mass is 16.1. The summed E-state index contributed by atoms with van der Waals surface area (Å²) in [6.07, 6.45) is 8.98. The van der Waals surface area contributed by atoms with E-state index in [0.717, 1.165) is 6.42 Å². The molecule has 2 nitrogen and oxygen atoms in total. The molecule has 0 N–H and O–H groups in total. The molecule has 0 unspecified atom stereocenters. The first-order chi connectivity index (χ1) is 8.02. The molecule has 1 aliphatic heterocycles. The van der Waals surface area contributed by atoms with E-state index in [1.807, 2.05) is 0 Å². The highest BCUT2D eigenvalue weighted by Crippen LogP contribution is 2.24. The van der Waals surface area contributed by atoms with Gasteiger partial charge in [-0.05, 0) is 52.2 Å². The monoisotopic (exact) mass is 239 g/mol. The molecular formula is C15H29NO. The van der Waals surface area contributed by atoms with Crippen molar-refractivity contribution >= 4 is 5.78 Å². The minimum atomic E-state index is -0.102. The van der Waals surface area contributed by atoms with Gasteiger partial charge in [0.05, 0.1) is 0 Å². The van der Waals surface area contributed by atoms with E-state index < -0.39 is 0 Å². The molecule has 0 radical (unpaired) electrons. The number of likely N-dealkylation sites (tertiary alicyclic amines) is 1. The van der Waals surface area contributed by atoms with Gasteiger partial charge in [-0.15, -0.1) is 0 Å². The summed E-state index contributed by atoms with van der Waals surface area (Å²) < 4.78 is 0. The summed E-state index contributed by atoms with van der Waals surface area (Å²) in [6.45, 7) is 9.78. The lowest BCUT2D eigenvalue weighted by molar-refractivity contribution is -0.125. The van der Waals surface area contributed by atoms with Gasteiger partial charge in [0.2, 0.25) is 0 Å². The second-order valence-corrected chi connectivity index (χ2v) is 6.15. The lowest BCUT2D eigenvalue weighted by atomic mass is 9.83. The molecular weight excluding hydrogens is 210 g/mol. The number of rotatable bonds is 8. The maximum Gasteiger partial charge on any atom is 0.135 e. The van der Waals surface area contributed by atoms with Crippen LogP contribution < -0.4 is 0 Å². The molecule has 0 aromatic carbocycles. The molecule has 17 heavy (non-hydrogen) atoms. The quantitative estimate of drug-likeness (QED) is 0.603. The van der Waals surface area contributed by atoms with E-state index in [2.05, 4.69) is 18.7 Å². The average Bonchev–Trinajstić information content (AvgIpc) is 2.75. The Bertz CT molecular complexity index is 229. The third-order valence-corrected chi connectivity index (χ3v) is 4.18. The lowest BCUT2D eigenvalue weighted by Gasteiger charge is -2.20. The molecule has 1 heterocycles. The largest absolute Gasteiger partial charge is 0.303 e. The molecule has 100 valence electrons. The van der Waals surface area contributed by atoms with Crippen LogP contribution in [0.1, 0.15) is 65.7 Å². The number of carbonyl (C=O) groups is 1. The van der Waals surface area contributed by atoms with Gasteiger partial charge in [-0.1, -0.05) is 33.1 Å². The van der Waals surface area contributed by atoms with E-state index in [4.69, 9.17) is 0 Å². The van der Waals surface area contributed by atoms with Crippen LogP contribution in [0.2, 0.25) is 0 Å². The van der Waals surface area contributed by atoms with Crippen LogP contribution in [-0.2, 0) is 4.79 Å². The molecule has 0 saturated carbocycles. The van der Waals surface area contributed by atoms with Crippen molar-refractivity contribution in [3.8, 4) is 0 Å². The number of Topliss-reactive ketones (excluding diaryl/α,β-unsaturated/α-hetero) is 1. The topological polar surface area (TPSA) is 20.3 Å². The number of ketones is 1. The molecule has 1 fully saturated rings. The van der Waals surface area contributed by atoms with Gasteiger partial charge in [-0.2, -0.15) is 0 Å². The number of hydrogen-bond acceptors (Lipinski definition) is 2. The fraction of sp³-hybridized carbons (Fsp3) is 0.933. The molecule has 0 atom stereocenters. The Morgan fingerprint density at radius 3 is 2.24 bits per heavy atom. The average molecular weight is 239 g/mol. The predicted molar refractivity (Wildman–Crippen MR) is 73.2 cm³/mol. The van der Waals surface area contributed by atoms with Crippen LogP contribution in [0.15, 0.2) is 0 Å². The molecule has 0 amide bonds. The van der Waals surface area contributed by atoms with E-state index in [9.17, 15) is 4.79 Å². The van der Waals surface area contributed by atoms with Crippen molar-refractivity contribution < 1.29 is 4.79 Å². The van der Waals surface area contributed by atoms with Crippen molar-refractivity contribution in [3.63, 3.8) is 0 Å². The molecule has 2 heteroatoms. The number of hydrogen-bond donors (Lipinski definition) is 0. The van der Waals surface area contributed by atoms with Crippen molar-refractivity contribution in [3.05, 3.63) is 0 Å². The molecule has 1 aliphatic rings. The van der Waals surface area contributed by atoms with Gasteiger partial charge >= 0.3 is 0 Å². The smallest absolute Gasteiger partial charge is 0.135 e. The highest BCUT2D eigenvalue weighted by Gasteiger charge is 2.22. The number of unbranched alkanes of at least 4 members (excludes halogenated alkanes) is 3. The first-order valence-corrected chi connectivity index (χ1v) is 7.26. The summed E-state index contributed by atoms with van der Waals surface area (Å²) in [7, 11) is 0. The van der Waals surface area contributed by atoms with Gasteiger partial charge in [0.25, 0.3) is 0 Å². The minimum Gasteiger partial charge on any atom is -0.303 e. The van der Waals surface area contributed by atoms with Gasteiger partial charge < -0.3 is 4.90 Å². The zero-order valence-corrected chi connectivity index (χ0v) is 11.9. The Morgan fingerprint density at radius 2 is 1.65 bits per heavy atom. The molecule has 0 aromatic heterocycles. The fourth-order valence-electron chi connectivity index (χ4n) is 2.44. The second-order valence-electron chi connectivity index (χ2n) is 6.15. The number of carbonyl (C=O) groups excluding carboxylic acids is 1. The Labute approximate surface area is 107 Å². The maximum atomic E-state index is 11.4. The summed E-state index contributed by atoms with van der Waals surface area (Å²) >= 11 is 0. The zero-order valence-electron chi connectivity index (χ0n) is 11.9. The first kappa shape index (κ1) is 14.7. The third-order valence-electron chi connectivity index (χ3n) is 4.18. The van der Waals surface area contributed by atoms with Crippen LogP contribution >= 0.6 is 0 Å². The Hall–Kier alpha value is -0.370. The van der Waals surface area contributed by atoms with E-state index in [-0.39, 0.29) is 5.41 Å². The van der Waals surface area contributed by atoms with Gasteiger partial charge in [-0.3, -0.25) is 4.79 Å². The molecule has 0 bridgehead atoms. The summed E-state index contributed by atoms with van der Waals surface area (Å²) in [5.74, 6) is 0.328. The van der Waals surface area contributed by atoms with Gasteiger partial charge in [0.1, 0.15) is 5.78 Å². The van der Waals surface area contributed by atoms with Gasteiger partial charge in [0, 0.05) is 5.41 Å². The van der Waals surface area contributed by atoms with Crippen LogP contribution in [0.5, 0.6) is 0 Å². The summed E-state index contributed by atoms with van der Waals surface area (Å²) in [6, 6.07) is 0. The summed E-state index contributed by atoms with van der Waals surface area (Å²) in [5, 5.41) is 0. The van der Waals surface area contributed by atoms with E-state index >= 15 is 0 Å². The normalized spacial score (nSPS) is 17.6. The van der Waals surface area contributed by atoms with Crippen LogP contribution in [0.25, 0.3) is 0 Å². The highest BCUT2D eigenvalue weighted by molar-refractivity contribution is 5.81. The Balaban J connectivity index is 1.95. The molecule has 0 spiro atoms. The Morgan fingerprint density at radius 1 is 1.06 bits per heavy atom. The van der Waals surface area contributed by atoms with Crippen LogP contribution in [0.3, 0.4) is 0 Å². The SMILES string of the molecule is CC(=O)C(C)(C)CCCCCCN1CCCC1. The van der Waals surface area contributed by atoms with E-state index in [1.165, 1.54) is 58.2 Å². The van der Waals surface area contributed by atoms with E-state index in [0.29, 0.717) is 5.78 Å². The molecule has 1 rings (SSSR count). The maximum absolute atomic E-state index is 11.4. The van der Waals surface area contributed by atoms with Gasteiger partial charge in [0.15, 0.2) is 0 Å². The standard InChI is InChI=1S/C15H29NO/c1-14(17)15(2,3)10-6-4-5-7-11-16-12-8-9-13-16/h4-13H2,1-3H3. The fourth-order valence-corrected chi connectivity index (χ4v) is 2.44.